The highest BCUT2D eigenvalue weighted by atomic mass is 16.2. The maximum absolute atomic E-state index is 11.4. The second kappa shape index (κ2) is 7.64. The van der Waals surface area contributed by atoms with Crippen molar-refractivity contribution < 1.29 is 4.79 Å². The van der Waals surface area contributed by atoms with Gasteiger partial charge in [0.1, 0.15) is 0 Å². The van der Waals surface area contributed by atoms with Gasteiger partial charge in [0.05, 0.1) is 6.21 Å². The topological polar surface area (TPSA) is 41.5 Å². The molecule has 1 N–H and O–H groups in total. The van der Waals surface area contributed by atoms with Crippen LogP contribution < -0.4 is 5.43 Å². The highest BCUT2D eigenvalue weighted by Crippen LogP contribution is 2.07. The van der Waals surface area contributed by atoms with Gasteiger partial charge in [0, 0.05) is 6.42 Å². The highest BCUT2D eigenvalue weighted by Gasteiger charge is 1.99. The van der Waals surface area contributed by atoms with Crippen LogP contribution in [0.15, 0.2) is 23.3 Å². The maximum atomic E-state index is 11.4. The van der Waals surface area contributed by atoms with Crippen molar-refractivity contribution in [2.24, 2.45) is 5.10 Å². The molecule has 0 heterocycles. The van der Waals surface area contributed by atoms with E-state index in [9.17, 15) is 4.79 Å². The molecule has 18 heavy (non-hydrogen) atoms. The van der Waals surface area contributed by atoms with Crippen LogP contribution in [0.2, 0.25) is 0 Å². The van der Waals surface area contributed by atoms with Gasteiger partial charge in [-0.3, -0.25) is 4.79 Å². The monoisotopic (exact) mass is 246 g/mol. The van der Waals surface area contributed by atoms with Gasteiger partial charge in [-0.25, -0.2) is 5.43 Å². The molecule has 0 saturated heterocycles. The summed E-state index contributed by atoms with van der Waals surface area (Å²) >= 11 is 0. The van der Waals surface area contributed by atoms with Crippen molar-refractivity contribution in [3.05, 3.63) is 34.9 Å². The fourth-order valence-corrected chi connectivity index (χ4v) is 1.66. The Labute approximate surface area is 109 Å². The van der Waals surface area contributed by atoms with Crippen LogP contribution in [0.5, 0.6) is 0 Å². The molecule has 0 radical (unpaired) electrons. The quantitative estimate of drug-likeness (QED) is 0.467. The predicted molar refractivity (Wildman–Crippen MR) is 75.8 cm³/mol. The molecule has 3 heteroatoms. The number of benzene rings is 1. The third-order valence-corrected chi connectivity index (χ3v) is 2.84. The SMILES string of the molecule is CCCCCC(=O)N/N=C/c1cc(C)ccc1C. The van der Waals surface area contributed by atoms with E-state index >= 15 is 0 Å². The number of hydrogen-bond donors (Lipinski definition) is 1. The Balaban J connectivity index is 2.44. The summed E-state index contributed by atoms with van der Waals surface area (Å²) in [6.07, 6.45) is 5.41. The number of rotatable bonds is 6. The molecular formula is C15H22N2O. The van der Waals surface area contributed by atoms with E-state index in [0.717, 1.165) is 30.4 Å². The van der Waals surface area contributed by atoms with Crippen molar-refractivity contribution in [2.75, 3.05) is 0 Å². The number of amides is 1. The van der Waals surface area contributed by atoms with Gasteiger partial charge in [-0.2, -0.15) is 5.10 Å². The van der Waals surface area contributed by atoms with Gasteiger partial charge in [0.2, 0.25) is 5.91 Å². The Morgan fingerprint density at radius 2 is 2.11 bits per heavy atom. The summed E-state index contributed by atoms with van der Waals surface area (Å²) in [6, 6.07) is 6.18. The van der Waals surface area contributed by atoms with Gasteiger partial charge in [-0.1, -0.05) is 43.5 Å². The molecule has 1 amide bonds. The minimum absolute atomic E-state index is 0.00925. The summed E-state index contributed by atoms with van der Waals surface area (Å²) in [5.41, 5.74) is 5.96. The van der Waals surface area contributed by atoms with E-state index in [2.05, 4.69) is 35.7 Å². The van der Waals surface area contributed by atoms with Crippen molar-refractivity contribution in [3.8, 4) is 0 Å². The molecule has 0 aliphatic heterocycles. The normalized spacial score (nSPS) is 10.8. The fourth-order valence-electron chi connectivity index (χ4n) is 1.66. The molecule has 0 atom stereocenters. The number of unbranched alkanes of at least 4 members (excludes halogenated alkanes) is 2. The minimum atomic E-state index is -0.00925. The summed E-state index contributed by atoms with van der Waals surface area (Å²) in [5.74, 6) is -0.00925. The molecule has 0 spiro atoms. The first kappa shape index (κ1) is 14.4. The number of carbonyl (C=O) groups is 1. The molecule has 0 aromatic heterocycles. The zero-order valence-electron chi connectivity index (χ0n) is 11.5. The number of carbonyl (C=O) groups excluding carboxylic acids is 1. The van der Waals surface area contributed by atoms with Crippen LogP contribution in [0.4, 0.5) is 0 Å². The van der Waals surface area contributed by atoms with E-state index in [1.807, 2.05) is 13.8 Å². The van der Waals surface area contributed by atoms with Crippen molar-refractivity contribution in [1.29, 1.82) is 0 Å². The fraction of sp³-hybridized carbons (Fsp3) is 0.467. The Kier molecular flexibility index (Phi) is 6.12. The van der Waals surface area contributed by atoms with Gasteiger partial charge >= 0.3 is 0 Å². The first-order valence-corrected chi connectivity index (χ1v) is 6.52. The number of hydrazone groups is 1. The van der Waals surface area contributed by atoms with Crippen LogP contribution in [-0.4, -0.2) is 12.1 Å². The van der Waals surface area contributed by atoms with Crippen LogP contribution in [0.3, 0.4) is 0 Å². The van der Waals surface area contributed by atoms with Crippen molar-refractivity contribution in [3.63, 3.8) is 0 Å². The zero-order valence-corrected chi connectivity index (χ0v) is 11.5. The predicted octanol–water partition coefficient (Wildman–Crippen LogP) is 3.33. The van der Waals surface area contributed by atoms with E-state index < -0.39 is 0 Å². The number of hydrogen-bond acceptors (Lipinski definition) is 2. The van der Waals surface area contributed by atoms with E-state index in [4.69, 9.17) is 0 Å². The molecule has 1 rings (SSSR count). The lowest BCUT2D eigenvalue weighted by atomic mass is 10.1. The summed E-state index contributed by atoms with van der Waals surface area (Å²) in [4.78, 5) is 11.4. The van der Waals surface area contributed by atoms with Gasteiger partial charge in [0.25, 0.3) is 0 Å². The van der Waals surface area contributed by atoms with Gasteiger partial charge in [-0.15, -0.1) is 0 Å². The zero-order chi connectivity index (χ0) is 13.4. The van der Waals surface area contributed by atoms with E-state index in [1.165, 1.54) is 5.56 Å². The largest absolute Gasteiger partial charge is 0.273 e. The first-order valence-electron chi connectivity index (χ1n) is 6.52. The summed E-state index contributed by atoms with van der Waals surface area (Å²) in [5, 5.41) is 4.00. The first-order chi connectivity index (χ1) is 8.63. The molecule has 1 aromatic rings. The third-order valence-electron chi connectivity index (χ3n) is 2.84. The average molecular weight is 246 g/mol. The Morgan fingerprint density at radius 3 is 2.83 bits per heavy atom. The van der Waals surface area contributed by atoms with Crippen LogP contribution in [-0.2, 0) is 4.79 Å². The smallest absolute Gasteiger partial charge is 0.240 e. The lowest BCUT2D eigenvalue weighted by Gasteiger charge is -2.02. The number of aryl methyl sites for hydroxylation is 2. The van der Waals surface area contributed by atoms with Crippen molar-refractivity contribution >= 4 is 12.1 Å². The molecule has 0 unspecified atom stereocenters. The second-order valence-corrected chi connectivity index (χ2v) is 4.61. The lowest BCUT2D eigenvalue weighted by molar-refractivity contribution is -0.121. The molecule has 0 bridgehead atoms. The standard InChI is InChI=1S/C15H22N2O/c1-4-5-6-7-15(18)17-16-11-14-10-12(2)8-9-13(14)3/h8-11H,4-7H2,1-3H3,(H,17,18)/b16-11+. The van der Waals surface area contributed by atoms with Crippen molar-refractivity contribution in [1.82, 2.24) is 5.43 Å². The van der Waals surface area contributed by atoms with Crippen LogP contribution in [0.25, 0.3) is 0 Å². The van der Waals surface area contributed by atoms with E-state index in [0.29, 0.717) is 6.42 Å². The molecule has 0 saturated carbocycles. The Bertz CT molecular complexity index is 425. The van der Waals surface area contributed by atoms with Gasteiger partial charge < -0.3 is 0 Å². The molecule has 3 nitrogen and oxygen atoms in total. The lowest BCUT2D eigenvalue weighted by Crippen LogP contribution is -2.16. The minimum Gasteiger partial charge on any atom is -0.273 e. The third kappa shape index (κ3) is 5.13. The molecule has 0 aliphatic carbocycles. The average Bonchev–Trinajstić information content (AvgIpc) is 2.34. The van der Waals surface area contributed by atoms with E-state index in [-0.39, 0.29) is 5.91 Å². The molecule has 0 aliphatic rings. The second-order valence-electron chi connectivity index (χ2n) is 4.61. The molecule has 1 aromatic carbocycles. The van der Waals surface area contributed by atoms with E-state index in [1.54, 1.807) is 6.21 Å². The summed E-state index contributed by atoms with van der Waals surface area (Å²) < 4.78 is 0. The van der Waals surface area contributed by atoms with Crippen LogP contribution in [0, 0.1) is 13.8 Å². The van der Waals surface area contributed by atoms with Crippen molar-refractivity contribution in [2.45, 2.75) is 46.5 Å². The highest BCUT2D eigenvalue weighted by molar-refractivity contribution is 5.84. The summed E-state index contributed by atoms with van der Waals surface area (Å²) in [6.45, 7) is 6.19. The molecule has 98 valence electrons. The van der Waals surface area contributed by atoms with Crippen LogP contribution >= 0.6 is 0 Å². The Hall–Kier alpha value is -1.64. The van der Waals surface area contributed by atoms with Gasteiger partial charge in [0.15, 0.2) is 0 Å². The molecular weight excluding hydrogens is 224 g/mol. The number of nitrogens with zero attached hydrogens (tertiary/aromatic N) is 1. The number of nitrogens with one attached hydrogen (secondary N) is 1. The summed E-state index contributed by atoms with van der Waals surface area (Å²) in [7, 11) is 0. The van der Waals surface area contributed by atoms with Crippen LogP contribution in [0.1, 0.15) is 49.3 Å². The van der Waals surface area contributed by atoms with Gasteiger partial charge in [-0.05, 0) is 31.4 Å². The molecule has 0 fully saturated rings. The maximum Gasteiger partial charge on any atom is 0.240 e. The Morgan fingerprint density at radius 1 is 1.33 bits per heavy atom.